The SMILES string of the molecule is CCCCCCCCc1ccc(-c2noc([C@@H]3C[C@@H](O)C[N+]3=C(N)N)n2)cc1. The van der Waals surface area contributed by atoms with Crippen LogP contribution in [-0.2, 0) is 6.42 Å². The van der Waals surface area contributed by atoms with Crippen molar-refractivity contribution in [3.63, 3.8) is 0 Å². The van der Waals surface area contributed by atoms with E-state index >= 15 is 0 Å². The molecule has 2 atom stereocenters. The summed E-state index contributed by atoms with van der Waals surface area (Å²) in [7, 11) is 0. The number of nitrogens with zero attached hydrogens (tertiary/aromatic N) is 3. The molecule has 0 bridgehead atoms. The van der Waals surface area contributed by atoms with Crippen LogP contribution in [0.2, 0.25) is 0 Å². The highest BCUT2D eigenvalue weighted by atomic mass is 16.5. The zero-order valence-electron chi connectivity index (χ0n) is 16.7. The Morgan fingerprint density at radius 2 is 1.86 bits per heavy atom. The van der Waals surface area contributed by atoms with Crippen LogP contribution in [0.5, 0.6) is 0 Å². The topological polar surface area (TPSA) is 114 Å². The molecule has 1 aromatic heterocycles. The van der Waals surface area contributed by atoms with Crippen LogP contribution in [0, 0.1) is 0 Å². The molecule has 0 amide bonds. The maximum atomic E-state index is 9.91. The largest absolute Gasteiger partial charge is 0.390 e. The molecule has 28 heavy (non-hydrogen) atoms. The van der Waals surface area contributed by atoms with E-state index < -0.39 is 6.10 Å². The maximum Gasteiger partial charge on any atom is 0.341 e. The molecule has 5 N–H and O–H groups in total. The van der Waals surface area contributed by atoms with Crippen molar-refractivity contribution >= 4 is 5.96 Å². The van der Waals surface area contributed by atoms with E-state index in [2.05, 4.69) is 29.2 Å². The first kappa shape index (κ1) is 20.3. The monoisotopic (exact) mass is 386 g/mol. The number of benzene rings is 1. The average molecular weight is 387 g/mol. The van der Waals surface area contributed by atoms with Gasteiger partial charge >= 0.3 is 5.96 Å². The molecule has 1 aliphatic rings. The molecular weight excluding hydrogens is 354 g/mol. The van der Waals surface area contributed by atoms with Crippen molar-refractivity contribution in [1.29, 1.82) is 0 Å². The average Bonchev–Trinajstić information content (AvgIpc) is 3.32. The number of aliphatic hydroxyl groups excluding tert-OH is 1. The van der Waals surface area contributed by atoms with Crippen LogP contribution < -0.4 is 11.5 Å². The van der Waals surface area contributed by atoms with Gasteiger partial charge in [0.15, 0.2) is 6.04 Å². The van der Waals surface area contributed by atoms with Gasteiger partial charge in [-0.15, -0.1) is 0 Å². The highest BCUT2D eigenvalue weighted by molar-refractivity contribution is 5.70. The van der Waals surface area contributed by atoms with Crippen LogP contribution in [0.15, 0.2) is 28.8 Å². The van der Waals surface area contributed by atoms with Gasteiger partial charge in [0.25, 0.3) is 5.89 Å². The maximum absolute atomic E-state index is 9.91. The van der Waals surface area contributed by atoms with E-state index in [1.54, 1.807) is 4.58 Å². The molecule has 0 radical (unpaired) electrons. The van der Waals surface area contributed by atoms with Crippen LogP contribution in [0.3, 0.4) is 0 Å². The summed E-state index contributed by atoms with van der Waals surface area (Å²) in [5.74, 6) is 1.12. The van der Waals surface area contributed by atoms with Crippen LogP contribution >= 0.6 is 0 Å². The molecular formula is C21H32N5O2+. The standard InChI is InChI=1S/C21H31N5O2/c1-2-3-4-5-6-7-8-15-9-11-16(12-10-15)19-24-20(28-25-19)18-13-17(27)14-26(18)21(22)23/h9-12,17-18,27H,2-8,13-14H2,1H3,(H3,22,23)/p+1/t17-,18+/m1/s1. The normalized spacial score (nSPS) is 19.3. The van der Waals surface area contributed by atoms with E-state index in [4.69, 9.17) is 16.0 Å². The Kier molecular flexibility index (Phi) is 7.03. The zero-order valence-corrected chi connectivity index (χ0v) is 16.7. The molecule has 7 nitrogen and oxygen atoms in total. The fraction of sp³-hybridized carbons (Fsp3) is 0.571. The van der Waals surface area contributed by atoms with Crippen molar-refractivity contribution in [1.82, 2.24) is 10.1 Å². The molecule has 1 aromatic carbocycles. The summed E-state index contributed by atoms with van der Waals surface area (Å²) in [6.07, 6.45) is 8.89. The molecule has 2 aromatic rings. The third-order valence-electron chi connectivity index (χ3n) is 5.37. The third kappa shape index (κ3) is 5.10. The van der Waals surface area contributed by atoms with Crippen LogP contribution in [-0.4, -0.2) is 38.4 Å². The number of β-amino-alcohol motifs (C(OH)–C–C–N with tert-alkyl or cyclic N) is 1. The second kappa shape index (κ2) is 9.68. The molecule has 0 unspecified atom stereocenters. The highest BCUT2D eigenvalue weighted by Crippen LogP contribution is 2.29. The Morgan fingerprint density at radius 1 is 1.14 bits per heavy atom. The summed E-state index contributed by atoms with van der Waals surface area (Å²) in [6, 6.07) is 8.05. The first-order valence-corrected chi connectivity index (χ1v) is 10.3. The van der Waals surface area contributed by atoms with Crippen molar-refractivity contribution in [3.05, 3.63) is 35.7 Å². The third-order valence-corrected chi connectivity index (χ3v) is 5.37. The summed E-state index contributed by atoms with van der Waals surface area (Å²) in [4.78, 5) is 4.51. The van der Waals surface area contributed by atoms with Gasteiger partial charge in [-0.25, -0.2) is 0 Å². The smallest absolute Gasteiger partial charge is 0.341 e. The summed E-state index contributed by atoms with van der Waals surface area (Å²) in [5, 5.41) is 14.0. The molecule has 1 aliphatic heterocycles. The molecule has 1 saturated heterocycles. The van der Waals surface area contributed by atoms with Crippen LogP contribution in [0.25, 0.3) is 11.4 Å². The number of hydrogen-bond acceptors (Lipinski definition) is 4. The van der Waals surface area contributed by atoms with Crippen LogP contribution in [0.1, 0.15) is 69.4 Å². The van der Waals surface area contributed by atoms with Gasteiger partial charge in [0.2, 0.25) is 5.82 Å². The Morgan fingerprint density at radius 3 is 2.57 bits per heavy atom. The number of hydrogen-bond donors (Lipinski definition) is 3. The predicted octanol–water partition coefficient (Wildman–Crippen LogP) is 2.73. The van der Waals surface area contributed by atoms with E-state index in [-0.39, 0.29) is 12.0 Å². The zero-order chi connectivity index (χ0) is 19.9. The Hall–Kier alpha value is -2.41. The lowest BCUT2D eigenvalue weighted by Crippen LogP contribution is -2.36. The van der Waals surface area contributed by atoms with E-state index in [0.717, 1.165) is 12.0 Å². The van der Waals surface area contributed by atoms with Gasteiger partial charge in [0, 0.05) is 12.0 Å². The summed E-state index contributed by atoms with van der Waals surface area (Å²) in [5.41, 5.74) is 13.7. The number of aryl methyl sites for hydroxylation is 1. The van der Waals surface area contributed by atoms with Gasteiger partial charge < -0.3 is 9.63 Å². The lowest BCUT2D eigenvalue weighted by Gasteiger charge is -2.06. The minimum Gasteiger partial charge on any atom is -0.390 e. The van der Waals surface area contributed by atoms with Gasteiger partial charge in [-0.05, 0) is 18.4 Å². The number of aromatic nitrogens is 2. The van der Waals surface area contributed by atoms with E-state index in [0.29, 0.717) is 24.7 Å². The van der Waals surface area contributed by atoms with Gasteiger partial charge in [-0.2, -0.15) is 4.98 Å². The highest BCUT2D eigenvalue weighted by Gasteiger charge is 2.36. The molecule has 0 spiro atoms. The minimum atomic E-state index is -0.510. The predicted molar refractivity (Wildman–Crippen MR) is 109 cm³/mol. The molecule has 0 aliphatic carbocycles. The summed E-state index contributed by atoms with van der Waals surface area (Å²) in [6.45, 7) is 2.62. The number of nitrogens with two attached hydrogens (primary N) is 2. The fourth-order valence-corrected chi connectivity index (χ4v) is 3.75. The second-order valence-electron chi connectivity index (χ2n) is 7.65. The van der Waals surface area contributed by atoms with E-state index in [1.165, 1.54) is 44.1 Å². The summed E-state index contributed by atoms with van der Waals surface area (Å²) >= 11 is 0. The molecule has 7 heteroatoms. The summed E-state index contributed by atoms with van der Waals surface area (Å²) < 4.78 is 7.14. The Balaban J connectivity index is 1.59. The van der Waals surface area contributed by atoms with Crippen molar-refractivity contribution in [2.75, 3.05) is 6.54 Å². The number of guanidine groups is 1. The lowest BCUT2D eigenvalue weighted by atomic mass is 10.0. The van der Waals surface area contributed by atoms with E-state index in [9.17, 15) is 5.11 Å². The fourth-order valence-electron chi connectivity index (χ4n) is 3.75. The van der Waals surface area contributed by atoms with Crippen molar-refractivity contribution < 1.29 is 14.2 Å². The van der Waals surface area contributed by atoms with Gasteiger partial charge in [0.05, 0.1) is 12.6 Å². The quantitative estimate of drug-likeness (QED) is 0.347. The molecule has 152 valence electrons. The molecule has 2 heterocycles. The molecule has 1 fully saturated rings. The molecule has 3 rings (SSSR count). The lowest BCUT2D eigenvalue weighted by molar-refractivity contribution is -0.557. The molecule has 0 saturated carbocycles. The van der Waals surface area contributed by atoms with Gasteiger partial charge in [0.1, 0.15) is 0 Å². The van der Waals surface area contributed by atoms with Gasteiger partial charge in [-0.1, -0.05) is 68.4 Å². The van der Waals surface area contributed by atoms with Crippen LogP contribution in [0.4, 0.5) is 0 Å². The van der Waals surface area contributed by atoms with Crippen molar-refractivity contribution in [2.45, 2.75) is 70.4 Å². The number of unbranched alkanes of at least 4 members (excludes halogenated alkanes) is 5. The van der Waals surface area contributed by atoms with Crippen molar-refractivity contribution in [3.8, 4) is 11.4 Å². The number of aliphatic hydroxyl groups is 1. The van der Waals surface area contributed by atoms with E-state index in [1.807, 2.05) is 12.1 Å². The Bertz CT molecular complexity index is 780. The number of rotatable bonds is 9. The van der Waals surface area contributed by atoms with Crippen molar-refractivity contribution in [2.24, 2.45) is 11.5 Å². The minimum absolute atomic E-state index is 0.153. The van der Waals surface area contributed by atoms with Gasteiger partial charge in [-0.3, -0.25) is 16.0 Å². The Labute approximate surface area is 166 Å². The first-order chi connectivity index (χ1) is 13.6. The first-order valence-electron chi connectivity index (χ1n) is 10.3. The second-order valence-corrected chi connectivity index (χ2v) is 7.65.